The van der Waals surface area contributed by atoms with Gasteiger partial charge in [-0.25, -0.2) is 0 Å². The third kappa shape index (κ3) is 1.59. The molecule has 0 saturated heterocycles. The molecule has 1 aromatic heterocycles. The molecule has 0 radical (unpaired) electrons. The number of rotatable bonds is 2. The van der Waals surface area contributed by atoms with E-state index < -0.39 is 10.8 Å². The summed E-state index contributed by atoms with van der Waals surface area (Å²) >= 11 is 5.32. The Hall–Kier alpha value is -0.860. The zero-order valence-corrected chi connectivity index (χ0v) is 6.95. The third-order valence-electron chi connectivity index (χ3n) is 1.06. The van der Waals surface area contributed by atoms with Crippen molar-refractivity contribution in [3.05, 3.63) is 11.9 Å². The van der Waals surface area contributed by atoms with Crippen LogP contribution in [0.15, 0.2) is 11.1 Å². The van der Waals surface area contributed by atoms with Crippen LogP contribution in [0, 0.1) is 11.3 Å². The molecule has 1 atom stereocenters. The number of nitrogens with zero attached hydrogens (tertiary/aromatic N) is 2. The maximum absolute atomic E-state index is 11.0. The maximum Gasteiger partial charge on any atom is 0.151 e. The SMILES string of the molecule is N#Cc1[nH]ncc1S(=O)CCl. The van der Waals surface area contributed by atoms with E-state index in [-0.39, 0.29) is 10.9 Å². The molecular weight excluding hydrogens is 186 g/mol. The highest BCUT2D eigenvalue weighted by atomic mass is 35.5. The van der Waals surface area contributed by atoms with Gasteiger partial charge in [-0.2, -0.15) is 10.4 Å². The van der Waals surface area contributed by atoms with Crippen molar-refractivity contribution < 1.29 is 4.21 Å². The molecule has 0 aliphatic rings. The largest absolute Gasteiger partial charge is 0.267 e. The lowest BCUT2D eigenvalue weighted by Crippen LogP contribution is -1.92. The van der Waals surface area contributed by atoms with Crippen molar-refractivity contribution in [1.82, 2.24) is 10.2 Å². The van der Waals surface area contributed by atoms with Gasteiger partial charge < -0.3 is 0 Å². The Morgan fingerprint density at radius 2 is 2.64 bits per heavy atom. The molecule has 0 spiro atoms. The van der Waals surface area contributed by atoms with Crippen molar-refractivity contribution in [2.45, 2.75) is 4.90 Å². The van der Waals surface area contributed by atoms with Gasteiger partial charge in [0.15, 0.2) is 5.69 Å². The van der Waals surface area contributed by atoms with Crippen LogP contribution in [0.1, 0.15) is 5.69 Å². The Kier molecular flexibility index (Phi) is 2.63. The standard InChI is InChI=1S/C5H4ClN3OS/c6-3-11(10)5-2-8-9-4(5)1-7/h2H,3H2,(H,8,9). The van der Waals surface area contributed by atoms with Crippen LogP contribution in [-0.2, 0) is 10.8 Å². The highest BCUT2D eigenvalue weighted by Gasteiger charge is 2.09. The van der Waals surface area contributed by atoms with Gasteiger partial charge in [0.2, 0.25) is 0 Å². The Morgan fingerprint density at radius 1 is 1.91 bits per heavy atom. The Morgan fingerprint density at radius 3 is 3.18 bits per heavy atom. The van der Waals surface area contributed by atoms with Crippen molar-refractivity contribution in [1.29, 1.82) is 5.26 Å². The summed E-state index contributed by atoms with van der Waals surface area (Å²) in [5, 5.41) is 14.4. The summed E-state index contributed by atoms with van der Waals surface area (Å²) in [4.78, 5) is 0.363. The van der Waals surface area contributed by atoms with Gasteiger partial charge in [-0.3, -0.25) is 9.31 Å². The molecule has 1 aromatic rings. The molecule has 1 heterocycles. The molecule has 0 aliphatic carbocycles. The molecular formula is C5H4ClN3OS. The maximum atomic E-state index is 11.0. The first-order valence-corrected chi connectivity index (χ1v) is 4.52. The molecule has 58 valence electrons. The second kappa shape index (κ2) is 3.51. The average molecular weight is 190 g/mol. The van der Waals surface area contributed by atoms with Gasteiger partial charge in [0.1, 0.15) is 11.3 Å². The fourth-order valence-corrected chi connectivity index (χ4v) is 1.55. The van der Waals surface area contributed by atoms with Crippen LogP contribution < -0.4 is 0 Å². The molecule has 0 fully saturated rings. The summed E-state index contributed by atoms with van der Waals surface area (Å²) in [6, 6.07) is 1.82. The summed E-state index contributed by atoms with van der Waals surface area (Å²) in [6.45, 7) is 0. The monoisotopic (exact) mass is 189 g/mol. The molecule has 1 unspecified atom stereocenters. The molecule has 0 aliphatic heterocycles. The topological polar surface area (TPSA) is 69.5 Å². The highest BCUT2D eigenvalue weighted by Crippen LogP contribution is 2.09. The van der Waals surface area contributed by atoms with E-state index in [2.05, 4.69) is 10.2 Å². The molecule has 1 rings (SSSR count). The van der Waals surface area contributed by atoms with Crippen LogP contribution in [0.3, 0.4) is 0 Å². The van der Waals surface area contributed by atoms with E-state index in [4.69, 9.17) is 16.9 Å². The van der Waals surface area contributed by atoms with Crippen molar-refractivity contribution in [3.8, 4) is 6.07 Å². The fraction of sp³-hybridized carbons (Fsp3) is 0.200. The number of hydrogen-bond donors (Lipinski definition) is 1. The predicted molar refractivity (Wildman–Crippen MR) is 40.4 cm³/mol. The van der Waals surface area contributed by atoms with Gasteiger partial charge in [0.05, 0.1) is 21.9 Å². The van der Waals surface area contributed by atoms with Gasteiger partial charge in [0.25, 0.3) is 0 Å². The van der Waals surface area contributed by atoms with E-state index in [1.165, 1.54) is 6.20 Å². The van der Waals surface area contributed by atoms with E-state index in [1.54, 1.807) is 0 Å². The Labute approximate surface area is 70.6 Å². The summed E-state index contributed by atoms with van der Waals surface area (Å²) in [6.07, 6.45) is 1.34. The Bertz CT molecular complexity index is 316. The van der Waals surface area contributed by atoms with Gasteiger partial charge in [-0.15, -0.1) is 11.6 Å². The van der Waals surface area contributed by atoms with E-state index in [0.29, 0.717) is 4.90 Å². The minimum absolute atomic E-state index is 0.0196. The van der Waals surface area contributed by atoms with Crippen LogP contribution in [0.5, 0.6) is 0 Å². The molecule has 0 saturated carbocycles. The lowest BCUT2D eigenvalue weighted by Gasteiger charge is -1.89. The summed E-state index contributed by atoms with van der Waals surface area (Å²) in [5.41, 5.74) is 0.212. The summed E-state index contributed by atoms with van der Waals surface area (Å²) in [7, 11) is -1.32. The molecule has 11 heavy (non-hydrogen) atoms. The van der Waals surface area contributed by atoms with Gasteiger partial charge >= 0.3 is 0 Å². The van der Waals surface area contributed by atoms with E-state index in [9.17, 15) is 4.21 Å². The van der Waals surface area contributed by atoms with Gasteiger partial charge in [-0.1, -0.05) is 0 Å². The zero-order chi connectivity index (χ0) is 8.27. The van der Waals surface area contributed by atoms with Crippen LogP contribution in [0.2, 0.25) is 0 Å². The summed E-state index contributed by atoms with van der Waals surface area (Å²) in [5.74, 6) is 0. The fourth-order valence-electron chi connectivity index (χ4n) is 0.587. The van der Waals surface area contributed by atoms with Crippen molar-refractivity contribution in [3.63, 3.8) is 0 Å². The zero-order valence-electron chi connectivity index (χ0n) is 5.37. The highest BCUT2D eigenvalue weighted by molar-refractivity contribution is 7.86. The number of H-pyrrole nitrogens is 1. The number of aromatic amines is 1. The van der Waals surface area contributed by atoms with Crippen LogP contribution in [-0.4, -0.2) is 19.6 Å². The van der Waals surface area contributed by atoms with Crippen LogP contribution in [0.4, 0.5) is 0 Å². The first-order valence-electron chi connectivity index (χ1n) is 2.67. The van der Waals surface area contributed by atoms with Crippen molar-refractivity contribution in [2.75, 3.05) is 5.21 Å². The molecule has 4 nitrogen and oxygen atoms in total. The minimum atomic E-state index is -1.32. The van der Waals surface area contributed by atoms with Gasteiger partial charge in [-0.05, 0) is 0 Å². The van der Waals surface area contributed by atoms with Gasteiger partial charge in [0, 0.05) is 0 Å². The predicted octanol–water partition coefficient (Wildman–Crippen LogP) is 0.585. The number of nitrogens with one attached hydrogen (secondary N) is 1. The van der Waals surface area contributed by atoms with Crippen LogP contribution in [0.25, 0.3) is 0 Å². The first kappa shape index (κ1) is 8.24. The lowest BCUT2D eigenvalue weighted by atomic mass is 10.5. The second-order valence-electron chi connectivity index (χ2n) is 1.68. The number of hydrogen-bond acceptors (Lipinski definition) is 3. The normalized spacial score (nSPS) is 12.4. The second-order valence-corrected chi connectivity index (χ2v) is 3.68. The molecule has 6 heteroatoms. The smallest absolute Gasteiger partial charge is 0.151 e. The lowest BCUT2D eigenvalue weighted by molar-refractivity contribution is 0.686. The van der Waals surface area contributed by atoms with Crippen molar-refractivity contribution >= 4 is 22.4 Å². The Balaban J connectivity index is 3.05. The number of aromatic nitrogens is 2. The van der Waals surface area contributed by atoms with E-state index in [1.807, 2.05) is 6.07 Å². The summed E-state index contributed by atoms with van der Waals surface area (Å²) < 4.78 is 11.0. The first-order chi connectivity index (χ1) is 5.29. The minimum Gasteiger partial charge on any atom is -0.267 e. The molecule has 0 aromatic carbocycles. The molecule has 0 bridgehead atoms. The number of halogens is 1. The molecule has 1 N–H and O–H groups in total. The number of nitriles is 1. The quantitative estimate of drug-likeness (QED) is 0.693. The van der Waals surface area contributed by atoms with E-state index >= 15 is 0 Å². The van der Waals surface area contributed by atoms with E-state index in [0.717, 1.165) is 0 Å². The molecule has 0 amide bonds. The van der Waals surface area contributed by atoms with Crippen molar-refractivity contribution in [2.24, 2.45) is 0 Å². The number of alkyl halides is 1. The average Bonchev–Trinajstić information content (AvgIpc) is 2.50. The third-order valence-corrected chi connectivity index (χ3v) is 2.65. The van der Waals surface area contributed by atoms with Crippen LogP contribution >= 0.6 is 11.6 Å².